The number of nitrogens with zero attached hydrogens (tertiary/aromatic N) is 1. The number of halogens is 1. The molecule has 0 bridgehead atoms. The Labute approximate surface area is 152 Å². The Morgan fingerprint density at radius 3 is 2.84 bits per heavy atom. The van der Waals surface area contributed by atoms with Gasteiger partial charge in [-0.05, 0) is 30.7 Å². The Bertz CT molecular complexity index is 919. The number of amides is 1. The Hall–Kier alpha value is -2.45. The van der Waals surface area contributed by atoms with Crippen molar-refractivity contribution in [2.24, 2.45) is 0 Å². The molecular formula is C17H12FNO4S2. The van der Waals surface area contributed by atoms with E-state index in [0.717, 1.165) is 16.7 Å². The Morgan fingerprint density at radius 1 is 1.40 bits per heavy atom. The summed E-state index contributed by atoms with van der Waals surface area (Å²) in [4.78, 5) is 24.3. The van der Waals surface area contributed by atoms with Gasteiger partial charge in [-0.2, -0.15) is 0 Å². The maximum atomic E-state index is 13.7. The molecule has 128 valence electrons. The van der Waals surface area contributed by atoms with Crippen LogP contribution in [0.1, 0.15) is 11.3 Å². The molecule has 3 rings (SSSR count). The number of hydrogen-bond acceptors (Lipinski definition) is 5. The third-order valence-electron chi connectivity index (χ3n) is 3.52. The highest BCUT2D eigenvalue weighted by molar-refractivity contribution is 8.26. The van der Waals surface area contributed by atoms with Crippen molar-refractivity contribution in [3.8, 4) is 11.3 Å². The van der Waals surface area contributed by atoms with Crippen LogP contribution in [0.15, 0.2) is 39.7 Å². The topological polar surface area (TPSA) is 70.8 Å². The van der Waals surface area contributed by atoms with Crippen molar-refractivity contribution in [1.82, 2.24) is 4.90 Å². The van der Waals surface area contributed by atoms with E-state index in [-0.39, 0.29) is 15.0 Å². The van der Waals surface area contributed by atoms with Crippen molar-refractivity contribution in [1.29, 1.82) is 0 Å². The fourth-order valence-electron chi connectivity index (χ4n) is 2.23. The summed E-state index contributed by atoms with van der Waals surface area (Å²) in [6.07, 6.45) is 1.50. The maximum Gasteiger partial charge on any atom is 0.323 e. The van der Waals surface area contributed by atoms with Gasteiger partial charge in [0.2, 0.25) is 0 Å². The number of thiocarbonyl (C=S) groups is 1. The molecule has 1 saturated heterocycles. The first kappa shape index (κ1) is 17.4. The fourth-order valence-corrected chi connectivity index (χ4v) is 3.47. The molecule has 8 heteroatoms. The minimum atomic E-state index is -1.14. The van der Waals surface area contributed by atoms with Gasteiger partial charge >= 0.3 is 5.97 Å². The van der Waals surface area contributed by atoms with Crippen LogP contribution in [-0.4, -0.2) is 32.7 Å². The normalized spacial score (nSPS) is 16.1. The molecule has 0 radical (unpaired) electrons. The predicted molar refractivity (Wildman–Crippen MR) is 96.4 cm³/mol. The second-order valence-electron chi connectivity index (χ2n) is 5.33. The van der Waals surface area contributed by atoms with Crippen molar-refractivity contribution in [2.75, 3.05) is 6.54 Å². The molecule has 2 heterocycles. The third kappa shape index (κ3) is 3.64. The van der Waals surface area contributed by atoms with Crippen LogP contribution >= 0.6 is 24.0 Å². The van der Waals surface area contributed by atoms with E-state index >= 15 is 0 Å². The Balaban J connectivity index is 1.84. The monoisotopic (exact) mass is 377 g/mol. The number of carboxylic acids is 1. The van der Waals surface area contributed by atoms with E-state index in [1.54, 1.807) is 31.2 Å². The zero-order valence-electron chi connectivity index (χ0n) is 13.0. The summed E-state index contributed by atoms with van der Waals surface area (Å²) >= 11 is 6.04. The van der Waals surface area contributed by atoms with Crippen molar-refractivity contribution in [3.63, 3.8) is 0 Å². The van der Waals surface area contributed by atoms with Gasteiger partial charge in [0.15, 0.2) is 0 Å². The number of aryl methyl sites for hydroxylation is 1. The maximum absolute atomic E-state index is 13.7. The quantitative estimate of drug-likeness (QED) is 0.647. The zero-order valence-corrected chi connectivity index (χ0v) is 14.6. The average molecular weight is 377 g/mol. The van der Waals surface area contributed by atoms with Crippen LogP contribution in [0.25, 0.3) is 17.4 Å². The second-order valence-corrected chi connectivity index (χ2v) is 7.00. The molecular weight excluding hydrogens is 365 g/mol. The summed E-state index contributed by atoms with van der Waals surface area (Å²) in [6.45, 7) is 1.19. The number of hydrogen-bond donors (Lipinski definition) is 1. The van der Waals surface area contributed by atoms with Gasteiger partial charge in [0.1, 0.15) is 28.2 Å². The molecule has 25 heavy (non-hydrogen) atoms. The highest BCUT2D eigenvalue weighted by atomic mass is 32.2. The zero-order chi connectivity index (χ0) is 18.1. The molecule has 0 aliphatic carbocycles. The van der Waals surface area contributed by atoms with E-state index in [1.807, 2.05) is 0 Å². The summed E-state index contributed by atoms with van der Waals surface area (Å²) in [7, 11) is 0. The molecule has 5 nitrogen and oxygen atoms in total. The van der Waals surface area contributed by atoms with Gasteiger partial charge in [0.25, 0.3) is 5.91 Å². The molecule has 1 N–H and O–H groups in total. The Morgan fingerprint density at radius 2 is 2.16 bits per heavy atom. The first-order valence-electron chi connectivity index (χ1n) is 7.18. The van der Waals surface area contributed by atoms with E-state index in [2.05, 4.69) is 0 Å². The summed E-state index contributed by atoms with van der Waals surface area (Å²) < 4.78 is 19.5. The number of furan rings is 1. The lowest BCUT2D eigenvalue weighted by atomic mass is 10.1. The van der Waals surface area contributed by atoms with Gasteiger partial charge in [-0.1, -0.05) is 36.1 Å². The molecule has 0 spiro atoms. The highest BCUT2D eigenvalue weighted by Gasteiger charge is 2.33. The summed E-state index contributed by atoms with van der Waals surface area (Å²) in [5.74, 6) is -1.08. The number of carbonyl (C=O) groups excluding carboxylic acids is 1. The third-order valence-corrected chi connectivity index (χ3v) is 4.90. The van der Waals surface area contributed by atoms with E-state index in [0.29, 0.717) is 22.6 Å². The first-order chi connectivity index (χ1) is 11.8. The van der Waals surface area contributed by atoms with Gasteiger partial charge in [-0.15, -0.1) is 0 Å². The van der Waals surface area contributed by atoms with Gasteiger partial charge in [0, 0.05) is 11.6 Å². The lowest BCUT2D eigenvalue weighted by Crippen LogP contribution is -2.33. The number of carbonyl (C=O) groups is 2. The number of carboxylic acid groups (broad SMARTS) is 1. The predicted octanol–water partition coefficient (Wildman–Crippen LogP) is 3.68. The molecule has 1 fully saturated rings. The molecule has 0 atom stereocenters. The van der Waals surface area contributed by atoms with Crippen molar-refractivity contribution in [3.05, 3.63) is 52.4 Å². The first-order valence-corrected chi connectivity index (χ1v) is 8.41. The number of thioether (sulfide) groups is 1. The number of rotatable bonds is 4. The van der Waals surface area contributed by atoms with Crippen LogP contribution in [0.5, 0.6) is 0 Å². The SMILES string of the molecule is Cc1ccc(-c2ccc(/C=C3\SC(=S)N(CC(=O)O)C3=O)o2)cc1F. The minimum Gasteiger partial charge on any atom is -0.480 e. The summed E-state index contributed by atoms with van der Waals surface area (Å²) in [5.41, 5.74) is 1.12. The van der Waals surface area contributed by atoms with E-state index in [9.17, 15) is 14.0 Å². The lowest BCUT2D eigenvalue weighted by Gasteiger charge is -2.09. The van der Waals surface area contributed by atoms with E-state index in [4.69, 9.17) is 21.7 Å². The van der Waals surface area contributed by atoms with Gasteiger partial charge in [0.05, 0.1) is 4.91 Å². The lowest BCUT2D eigenvalue weighted by molar-refractivity contribution is -0.140. The van der Waals surface area contributed by atoms with Crippen molar-refractivity contribution < 1.29 is 23.5 Å². The van der Waals surface area contributed by atoms with Crippen molar-refractivity contribution >= 4 is 46.3 Å². The molecule has 1 aromatic heterocycles. The van der Waals surface area contributed by atoms with Crippen LogP contribution in [0.3, 0.4) is 0 Å². The number of benzene rings is 1. The molecule has 1 aromatic carbocycles. The molecule has 1 aliphatic heterocycles. The van der Waals surface area contributed by atoms with Gasteiger partial charge < -0.3 is 9.52 Å². The van der Waals surface area contributed by atoms with Crippen LogP contribution in [0.4, 0.5) is 4.39 Å². The largest absolute Gasteiger partial charge is 0.480 e. The van der Waals surface area contributed by atoms with Crippen LogP contribution in [0.2, 0.25) is 0 Å². The van der Waals surface area contributed by atoms with Gasteiger partial charge in [-0.3, -0.25) is 14.5 Å². The summed E-state index contributed by atoms with van der Waals surface area (Å²) in [6, 6.07) is 8.10. The van der Waals surface area contributed by atoms with E-state index in [1.165, 1.54) is 12.1 Å². The fraction of sp³-hybridized carbons (Fsp3) is 0.118. The molecule has 2 aromatic rings. The average Bonchev–Trinajstić information content (AvgIpc) is 3.11. The number of aliphatic carboxylic acids is 1. The standard InChI is InChI=1S/C17H12FNO4S2/c1-9-2-3-10(6-12(9)18)13-5-4-11(23-13)7-14-16(22)19(8-15(20)21)17(24)25-14/h2-7H,8H2,1H3,(H,20,21)/b14-7-. The van der Waals surface area contributed by atoms with Crippen molar-refractivity contribution in [2.45, 2.75) is 6.92 Å². The van der Waals surface area contributed by atoms with Crippen LogP contribution in [0, 0.1) is 12.7 Å². The molecule has 0 unspecified atom stereocenters. The summed E-state index contributed by atoms with van der Waals surface area (Å²) in [5, 5.41) is 8.83. The second kappa shape index (κ2) is 6.81. The molecule has 1 aliphatic rings. The molecule has 1 amide bonds. The Kier molecular flexibility index (Phi) is 4.73. The van der Waals surface area contributed by atoms with Crippen LogP contribution in [-0.2, 0) is 9.59 Å². The molecule has 0 saturated carbocycles. The smallest absolute Gasteiger partial charge is 0.323 e. The minimum absolute atomic E-state index is 0.186. The van der Waals surface area contributed by atoms with Gasteiger partial charge in [-0.25, -0.2) is 4.39 Å². The van der Waals surface area contributed by atoms with E-state index < -0.39 is 18.4 Å². The highest BCUT2D eigenvalue weighted by Crippen LogP contribution is 2.33. The van der Waals surface area contributed by atoms with Crippen LogP contribution < -0.4 is 0 Å².